The third kappa shape index (κ3) is 3.41. The van der Waals surface area contributed by atoms with Crippen molar-refractivity contribution in [3.05, 3.63) is 63.6 Å². The number of anilines is 1. The highest BCUT2D eigenvalue weighted by Gasteiger charge is 2.14. The number of nitrogens with zero attached hydrogens (tertiary/aromatic N) is 1. The van der Waals surface area contributed by atoms with Crippen molar-refractivity contribution >= 4 is 28.9 Å². The van der Waals surface area contributed by atoms with Gasteiger partial charge < -0.3 is 5.32 Å². The van der Waals surface area contributed by atoms with E-state index in [0.717, 1.165) is 5.69 Å². The van der Waals surface area contributed by atoms with Gasteiger partial charge in [-0.15, -0.1) is 0 Å². The Kier molecular flexibility index (Phi) is 4.31. The van der Waals surface area contributed by atoms with Crippen molar-refractivity contribution in [1.82, 2.24) is 0 Å². The highest BCUT2D eigenvalue weighted by atomic mass is 35.5. The average Bonchev–Trinajstić information content (AvgIpc) is 2.41. The van der Waals surface area contributed by atoms with Gasteiger partial charge >= 0.3 is 0 Å². The van der Waals surface area contributed by atoms with Crippen LogP contribution < -0.4 is 5.32 Å². The first kappa shape index (κ1) is 13.7. The Morgan fingerprint density at radius 3 is 2.42 bits per heavy atom. The smallest absolute Gasteiger partial charge is 0.141 e. The summed E-state index contributed by atoms with van der Waals surface area (Å²) < 4.78 is 0. The van der Waals surface area contributed by atoms with E-state index in [1.54, 1.807) is 18.2 Å². The molecule has 4 heteroatoms. The SMILES string of the molecule is Cc1ccc(NC(C#N)c2cc(Cl)ccc2Cl)cc1. The van der Waals surface area contributed by atoms with Gasteiger partial charge in [0.15, 0.2) is 0 Å². The number of nitriles is 1. The molecule has 1 N–H and O–H groups in total. The normalized spacial score (nSPS) is 11.7. The van der Waals surface area contributed by atoms with E-state index in [1.807, 2.05) is 31.2 Å². The molecular weight excluding hydrogens is 279 g/mol. The summed E-state index contributed by atoms with van der Waals surface area (Å²) in [4.78, 5) is 0. The first-order chi connectivity index (χ1) is 9.10. The van der Waals surface area contributed by atoms with Crippen LogP contribution in [0.1, 0.15) is 17.2 Å². The Balaban J connectivity index is 2.28. The zero-order valence-electron chi connectivity index (χ0n) is 10.3. The van der Waals surface area contributed by atoms with Crippen molar-refractivity contribution in [2.24, 2.45) is 0 Å². The zero-order chi connectivity index (χ0) is 13.8. The number of hydrogen-bond acceptors (Lipinski definition) is 2. The lowest BCUT2D eigenvalue weighted by atomic mass is 10.1. The lowest BCUT2D eigenvalue weighted by Gasteiger charge is -2.15. The van der Waals surface area contributed by atoms with Gasteiger partial charge in [0.25, 0.3) is 0 Å². The Morgan fingerprint density at radius 2 is 1.79 bits per heavy atom. The third-order valence-electron chi connectivity index (χ3n) is 2.76. The molecule has 0 amide bonds. The van der Waals surface area contributed by atoms with Crippen LogP contribution in [0.25, 0.3) is 0 Å². The van der Waals surface area contributed by atoms with Crippen molar-refractivity contribution in [1.29, 1.82) is 5.26 Å². The summed E-state index contributed by atoms with van der Waals surface area (Å²) in [5, 5.41) is 13.5. The fourth-order valence-electron chi connectivity index (χ4n) is 1.73. The maximum absolute atomic E-state index is 9.30. The minimum Gasteiger partial charge on any atom is -0.366 e. The summed E-state index contributed by atoms with van der Waals surface area (Å²) in [6.07, 6.45) is 0. The summed E-state index contributed by atoms with van der Waals surface area (Å²) in [7, 11) is 0. The molecule has 19 heavy (non-hydrogen) atoms. The quantitative estimate of drug-likeness (QED) is 0.865. The molecule has 0 radical (unpaired) electrons. The average molecular weight is 291 g/mol. The first-order valence-corrected chi connectivity index (χ1v) is 6.53. The molecule has 0 aliphatic heterocycles. The zero-order valence-corrected chi connectivity index (χ0v) is 11.8. The molecule has 0 aromatic heterocycles. The van der Waals surface area contributed by atoms with Gasteiger partial charge in [0, 0.05) is 21.3 Å². The van der Waals surface area contributed by atoms with Crippen LogP contribution in [0.15, 0.2) is 42.5 Å². The maximum atomic E-state index is 9.30. The van der Waals surface area contributed by atoms with E-state index < -0.39 is 6.04 Å². The van der Waals surface area contributed by atoms with E-state index in [2.05, 4.69) is 11.4 Å². The van der Waals surface area contributed by atoms with Gasteiger partial charge in [-0.3, -0.25) is 0 Å². The molecule has 2 aromatic carbocycles. The molecule has 96 valence electrons. The summed E-state index contributed by atoms with van der Waals surface area (Å²) in [6, 6.07) is 14.6. The van der Waals surface area contributed by atoms with Crippen molar-refractivity contribution in [3.8, 4) is 6.07 Å². The Bertz CT molecular complexity index is 615. The monoisotopic (exact) mass is 290 g/mol. The number of nitrogens with one attached hydrogen (secondary N) is 1. The van der Waals surface area contributed by atoms with Crippen LogP contribution in [0.3, 0.4) is 0 Å². The molecule has 0 aliphatic carbocycles. The number of rotatable bonds is 3. The van der Waals surface area contributed by atoms with E-state index >= 15 is 0 Å². The van der Waals surface area contributed by atoms with Crippen molar-refractivity contribution < 1.29 is 0 Å². The number of hydrogen-bond donors (Lipinski definition) is 1. The maximum Gasteiger partial charge on any atom is 0.141 e. The Labute approximate surface area is 122 Å². The van der Waals surface area contributed by atoms with E-state index in [-0.39, 0.29) is 0 Å². The molecule has 1 unspecified atom stereocenters. The molecule has 0 bridgehead atoms. The lowest BCUT2D eigenvalue weighted by molar-refractivity contribution is 0.998. The number of halogens is 2. The largest absolute Gasteiger partial charge is 0.366 e. The van der Waals surface area contributed by atoms with Gasteiger partial charge in [-0.1, -0.05) is 40.9 Å². The summed E-state index contributed by atoms with van der Waals surface area (Å²) in [5.41, 5.74) is 2.71. The number of benzene rings is 2. The van der Waals surface area contributed by atoms with Crippen LogP contribution in [0.4, 0.5) is 5.69 Å². The Hall–Kier alpha value is -1.69. The summed E-state index contributed by atoms with van der Waals surface area (Å²) in [5.74, 6) is 0. The highest BCUT2D eigenvalue weighted by molar-refractivity contribution is 6.33. The van der Waals surface area contributed by atoms with Crippen LogP contribution in [-0.4, -0.2) is 0 Å². The van der Waals surface area contributed by atoms with Crippen LogP contribution in [0, 0.1) is 18.3 Å². The molecule has 0 aliphatic rings. The van der Waals surface area contributed by atoms with E-state index in [4.69, 9.17) is 23.2 Å². The van der Waals surface area contributed by atoms with Crippen LogP contribution in [0.5, 0.6) is 0 Å². The molecule has 0 spiro atoms. The van der Waals surface area contributed by atoms with Crippen molar-refractivity contribution in [2.45, 2.75) is 13.0 Å². The Morgan fingerprint density at radius 1 is 1.11 bits per heavy atom. The lowest BCUT2D eigenvalue weighted by Crippen LogP contribution is -2.09. The molecule has 1 atom stereocenters. The molecule has 2 nitrogen and oxygen atoms in total. The highest BCUT2D eigenvalue weighted by Crippen LogP contribution is 2.28. The van der Waals surface area contributed by atoms with Gasteiger partial charge in [0.05, 0.1) is 6.07 Å². The fourth-order valence-corrected chi connectivity index (χ4v) is 2.14. The van der Waals surface area contributed by atoms with E-state index in [0.29, 0.717) is 15.6 Å². The van der Waals surface area contributed by atoms with E-state index in [1.165, 1.54) is 5.56 Å². The van der Waals surface area contributed by atoms with Crippen molar-refractivity contribution in [2.75, 3.05) is 5.32 Å². The van der Waals surface area contributed by atoms with Gasteiger partial charge in [0.2, 0.25) is 0 Å². The third-order valence-corrected chi connectivity index (χ3v) is 3.34. The summed E-state index contributed by atoms with van der Waals surface area (Å²) >= 11 is 12.1. The minimum absolute atomic E-state index is 0.524. The molecule has 0 heterocycles. The minimum atomic E-state index is -0.533. The first-order valence-electron chi connectivity index (χ1n) is 5.78. The topological polar surface area (TPSA) is 35.8 Å². The number of aryl methyl sites for hydroxylation is 1. The van der Waals surface area contributed by atoms with Gasteiger partial charge in [-0.05, 0) is 37.3 Å². The predicted molar refractivity (Wildman–Crippen MR) is 79.6 cm³/mol. The molecule has 2 rings (SSSR count). The van der Waals surface area contributed by atoms with Gasteiger partial charge in [-0.2, -0.15) is 5.26 Å². The van der Waals surface area contributed by atoms with Crippen LogP contribution >= 0.6 is 23.2 Å². The van der Waals surface area contributed by atoms with Crippen LogP contribution in [0.2, 0.25) is 10.0 Å². The standard InChI is InChI=1S/C15H12Cl2N2/c1-10-2-5-12(6-3-10)19-15(9-18)13-8-11(16)4-7-14(13)17/h2-8,15,19H,1H3. The molecule has 0 saturated heterocycles. The summed E-state index contributed by atoms with van der Waals surface area (Å²) in [6.45, 7) is 2.01. The fraction of sp³-hybridized carbons (Fsp3) is 0.133. The molecule has 2 aromatic rings. The second kappa shape index (κ2) is 5.97. The molecule has 0 saturated carbocycles. The predicted octanol–water partition coefficient (Wildman–Crippen LogP) is 4.98. The molecular formula is C15H12Cl2N2. The van der Waals surface area contributed by atoms with Gasteiger partial charge in [-0.25, -0.2) is 0 Å². The van der Waals surface area contributed by atoms with E-state index in [9.17, 15) is 5.26 Å². The molecule has 0 fully saturated rings. The second-order valence-corrected chi connectivity index (χ2v) is 5.08. The van der Waals surface area contributed by atoms with Gasteiger partial charge in [0.1, 0.15) is 6.04 Å². The van der Waals surface area contributed by atoms with Crippen molar-refractivity contribution in [3.63, 3.8) is 0 Å². The second-order valence-electron chi connectivity index (χ2n) is 4.24. The van der Waals surface area contributed by atoms with Crippen LogP contribution in [-0.2, 0) is 0 Å².